The van der Waals surface area contributed by atoms with Crippen molar-refractivity contribution in [2.45, 2.75) is 25.7 Å². The van der Waals surface area contributed by atoms with Crippen molar-refractivity contribution >= 4 is 47.1 Å². The van der Waals surface area contributed by atoms with Crippen molar-refractivity contribution in [1.29, 1.82) is 0 Å². The van der Waals surface area contributed by atoms with E-state index < -0.39 is 30.2 Å². The summed E-state index contributed by atoms with van der Waals surface area (Å²) in [4.78, 5) is 51.0. The molecule has 184 valence electrons. The third-order valence-electron chi connectivity index (χ3n) is 5.81. The number of nitrogens with one attached hydrogen (secondary N) is 1. The Morgan fingerprint density at radius 2 is 2.00 bits per heavy atom. The molecule has 0 spiro atoms. The third kappa shape index (κ3) is 5.99. The van der Waals surface area contributed by atoms with Gasteiger partial charge in [0.05, 0.1) is 12.7 Å². The average molecular weight is 500 g/mol. The highest BCUT2D eigenvalue weighted by Crippen LogP contribution is 2.29. The number of methoxy groups -OCH3 is 1. The molecule has 35 heavy (non-hydrogen) atoms. The SMILES string of the molecule is CC[C@@H](CC(=O)N1CC(=O)NC/C(=C\c2cc(Cl)ccc2OC)C1=O)c1ccc(C(=O)O)c(N)c1. The summed E-state index contributed by atoms with van der Waals surface area (Å²) in [5.41, 5.74) is 7.34. The molecule has 1 aliphatic heterocycles. The van der Waals surface area contributed by atoms with Gasteiger partial charge >= 0.3 is 5.97 Å². The van der Waals surface area contributed by atoms with Crippen LogP contribution in [0.1, 0.15) is 47.2 Å². The molecule has 0 unspecified atom stereocenters. The minimum atomic E-state index is -1.14. The largest absolute Gasteiger partial charge is 0.496 e. The van der Waals surface area contributed by atoms with Crippen molar-refractivity contribution in [3.05, 3.63) is 63.7 Å². The molecule has 10 heteroatoms. The number of hydrogen-bond acceptors (Lipinski definition) is 6. The van der Waals surface area contributed by atoms with Crippen LogP contribution in [0.15, 0.2) is 42.0 Å². The van der Waals surface area contributed by atoms with Gasteiger partial charge in [-0.3, -0.25) is 19.3 Å². The molecule has 2 aromatic carbocycles. The molecule has 1 atom stereocenters. The molecular weight excluding hydrogens is 474 g/mol. The van der Waals surface area contributed by atoms with Gasteiger partial charge in [0.25, 0.3) is 5.91 Å². The number of benzene rings is 2. The Hall–Kier alpha value is -3.85. The molecule has 1 heterocycles. The first kappa shape index (κ1) is 25.8. The predicted molar refractivity (Wildman–Crippen MR) is 131 cm³/mol. The number of hydrogen-bond donors (Lipinski definition) is 3. The van der Waals surface area contributed by atoms with E-state index in [-0.39, 0.29) is 35.7 Å². The number of nitrogens with zero attached hydrogens (tertiary/aromatic N) is 1. The molecule has 0 aliphatic carbocycles. The van der Waals surface area contributed by atoms with Gasteiger partial charge in [-0.25, -0.2) is 4.79 Å². The zero-order valence-corrected chi connectivity index (χ0v) is 20.1. The summed E-state index contributed by atoms with van der Waals surface area (Å²) in [6.07, 6.45) is 2.02. The van der Waals surface area contributed by atoms with Crippen LogP contribution in [0.5, 0.6) is 5.75 Å². The van der Waals surface area contributed by atoms with Crippen molar-refractivity contribution in [1.82, 2.24) is 10.2 Å². The minimum Gasteiger partial charge on any atom is -0.496 e. The van der Waals surface area contributed by atoms with E-state index >= 15 is 0 Å². The monoisotopic (exact) mass is 499 g/mol. The van der Waals surface area contributed by atoms with Crippen molar-refractivity contribution in [2.24, 2.45) is 0 Å². The number of ether oxygens (including phenoxy) is 1. The van der Waals surface area contributed by atoms with Crippen LogP contribution in [-0.2, 0) is 14.4 Å². The number of aromatic carboxylic acids is 1. The normalized spacial score (nSPS) is 16.0. The number of carbonyl (C=O) groups is 4. The van der Waals surface area contributed by atoms with E-state index in [2.05, 4.69) is 5.32 Å². The first-order valence-corrected chi connectivity index (χ1v) is 11.3. The number of carboxylic acids is 1. The van der Waals surface area contributed by atoms with Crippen molar-refractivity contribution < 1.29 is 29.0 Å². The lowest BCUT2D eigenvalue weighted by Crippen LogP contribution is -2.41. The van der Waals surface area contributed by atoms with Gasteiger partial charge in [-0.1, -0.05) is 24.6 Å². The quantitative estimate of drug-likeness (QED) is 0.393. The fourth-order valence-corrected chi connectivity index (χ4v) is 4.06. The molecule has 4 N–H and O–H groups in total. The number of nitrogen functional groups attached to an aromatic ring is 1. The number of halogens is 1. The Morgan fingerprint density at radius 1 is 1.26 bits per heavy atom. The molecule has 2 aromatic rings. The first-order chi connectivity index (χ1) is 16.6. The van der Waals surface area contributed by atoms with E-state index in [0.29, 0.717) is 28.3 Å². The summed E-state index contributed by atoms with van der Waals surface area (Å²) in [5.74, 6) is -2.57. The minimum absolute atomic E-state index is 0.0273. The fraction of sp³-hybridized carbons (Fsp3) is 0.280. The van der Waals surface area contributed by atoms with Gasteiger partial charge in [-0.05, 0) is 54.3 Å². The maximum atomic E-state index is 13.3. The highest BCUT2D eigenvalue weighted by Gasteiger charge is 2.31. The summed E-state index contributed by atoms with van der Waals surface area (Å²) in [6.45, 7) is 1.41. The summed E-state index contributed by atoms with van der Waals surface area (Å²) in [7, 11) is 1.48. The number of carboxylic acid groups (broad SMARTS) is 1. The number of amides is 3. The molecule has 0 bridgehead atoms. The van der Waals surface area contributed by atoms with E-state index in [0.717, 1.165) is 4.90 Å². The van der Waals surface area contributed by atoms with E-state index in [9.17, 15) is 24.3 Å². The lowest BCUT2D eigenvalue weighted by Gasteiger charge is -2.22. The fourth-order valence-electron chi connectivity index (χ4n) is 3.88. The molecule has 1 saturated heterocycles. The number of nitrogens with two attached hydrogens (primary N) is 1. The Morgan fingerprint density at radius 3 is 2.63 bits per heavy atom. The summed E-state index contributed by atoms with van der Waals surface area (Å²) >= 11 is 6.09. The second-order valence-electron chi connectivity index (χ2n) is 8.08. The molecule has 0 aromatic heterocycles. The first-order valence-electron chi connectivity index (χ1n) is 10.9. The highest BCUT2D eigenvalue weighted by molar-refractivity contribution is 6.30. The summed E-state index contributed by atoms with van der Waals surface area (Å²) in [6, 6.07) is 9.45. The summed E-state index contributed by atoms with van der Waals surface area (Å²) < 4.78 is 5.32. The second kappa shape index (κ2) is 11.1. The maximum Gasteiger partial charge on any atom is 0.337 e. The van der Waals surface area contributed by atoms with Crippen LogP contribution in [0.4, 0.5) is 5.69 Å². The van der Waals surface area contributed by atoms with Gasteiger partial charge in [0.2, 0.25) is 11.8 Å². The van der Waals surface area contributed by atoms with Gasteiger partial charge < -0.3 is 20.9 Å². The predicted octanol–water partition coefficient (Wildman–Crippen LogP) is 3.08. The molecule has 0 saturated carbocycles. The average Bonchev–Trinajstić information content (AvgIpc) is 2.96. The standard InChI is InChI=1S/C25H26ClN3O6/c1-3-14(15-4-6-19(25(33)34)20(27)10-15)11-23(31)29-13-22(30)28-12-17(24(29)32)8-16-9-18(26)5-7-21(16)35-2/h4-10,14H,3,11-13,27H2,1-2H3,(H,28,30)(H,33,34)/b17-8+/t14-/m0/s1. The zero-order chi connectivity index (χ0) is 25.7. The third-order valence-corrected chi connectivity index (χ3v) is 6.05. The number of rotatable bonds is 7. The molecular formula is C25H26ClN3O6. The van der Waals surface area contributed by atoms with E-state index in [1.165, 1.54) is 19.2 Å². The molecule has 3 rings (SSSR count). The number of carbonyl (C=O) groups excluding carboxylic acids is 3. The van der Waals surface area contributed by atoms with E-state index in [1.54, 1.807) is 30.3 Å². The van der Waals surface area contributed by atoms with Gasteiger partial charge in [0.15, 0.2) is 0 Å². The molecule has 1 aliphatic rings. The number of imide groups is 1. The van der Waals surface area contributed by atoms with Gasteiger partial charge in [-0.2, -0.15) is 0 Å². The van der Waals surface area contributed by atoms with Crippen molar-refractivity contribution in [3.63, 3.8) is 0 Å². The smallest absolute Gasteiger partial charge is 0.337 e. The molecule has 1 fully saturated rings. The van der Waals surface area contributed by atoms with Crippen molar-refractivity contribution in [3.8, 4) is 5.75 Å². The zero-order valence-electron chi connectivity index (χ0n) is 19.3. The van der Waals surface area contributed by atoms with Crippen LogP contribution in [0.25, 0.3) is 6.08 Å². The second-order valence-corrected chi connectivity index (χ2v) is 8.52. The van der Waals surface area contributed by atoms with Gasteiger partial charge in [0, 0.05) is 34.8 Å². The lowest BCUT2D eigenvalue weighted by molar-refractivity contribution is -0.145. The van der Waals surface area contributed by atoms with Gasteiger partial charge in [-0.15, -0.1) is 0 Å². The van der Waals surface area contributed by atoms with E-state index in [4.69, 9.17) is 22.1 Å². The Balaban J connectivity index is 1.88. The molecule has 0 radical (unpaired) electrons. The van der Waals surface area contributed by atoms with Crippen molar-refractivity contribution in [2.75, 3.05) is 25.9 Å². The van der Waals surface area contributed by atoms with Crippen LogP contribution < -0.4 is 15.8 Å². The maximum absolute atomic E-state index is 13.3. The highest BCUT2D eigenvalue weighted by atomic mass is 35.5. The summed E-state index contributed by atoms with van der Waals surface area (Å²) in [5, 5.41) is 12.3. The lowest BCUT2D eigenvalue weighted by atomic mass is 9.91. The van der Waals surface area contributed by atoms with Crippen LogP contribution >= 0.6 is 11.6 Å². The Labute approximate surface area is 207 Å². The van der Waals surface area contributed by atoms with Crippen LogP contribution in [0.3, 0.4) is 0 Å². The molecule has 3 amide bonds. The Bertz CT molecular complexity index is 1210. The molecule has 9 nitrogen and oxygen atoms in total. The topological polar surface area (TPSA) is 139 Å². The van der Waals surface area contributed by atoms with Gasteiger partial charge in [0.1, 0.15) is 12.3 Å². The van der Waals surface area contributed by atoms with Crippen LogP contribution in [0, 0.1) is 0 Å². The Kier molecular flexibility index (Phi) is 8.14. The van der Waals surface area contributed by atoms with Crippen LogP contribution in [0.2, 0.25) is 5.02 Å². The van der Waals surface area contributed by atoms with E-state index in [1.807, 2.05) is 6.92 Å². The van der Waals surface area contributed by atoms with Crippen LogP contribution in [-0.4, -0.2) is 53.9 Å². The number of anilines is 1.